The molecule has 0 saturated carbocycles. The van der Waals surface area contributed by atoms with Crippen molar-refractivity contribution in [2.45, 2.75) is 40.0 Å². The summed E-state index contributed by atoms with van der Waals surface area (Å²) >= 11 is 0. The molecule has 18 heavy (non-hydrogen) atoms. The number of hydrogen-bond donors (Lipinski definition) is 1. The molecule has 0 amide bonds. The fourth-order valence-corrected chi connectivity index (χ4v) is 1.64. The zero-order valence-electron chi connectivity index (χ0n) is 10.9. The first kappa shape index (κ1) is 12.7. The SMILES string of the molecule is CC(C)Cn1ncnc1Cn1cc(C(C)O)nn1. The van der Waals surface area contributed by atoms with E-state index in [-0.39, 0.29) is 0 Å². The predicted octanol–water partition coefficient (Wildman–Crippen LogP) is 0.627. The van der Waals surface area contributed by atoms with Crippen molar-refractivity contribution in [2.75, 3.05) is 0 Å². The van der Waals surface area contributed by atoms with Crippen LogP contribution in [-0.4, -0.2) is 34.9 Å². The Labute approximate surface area is 105 Å². The van der Waals surface area contributed by atoms with Gasteiger partial charge >= 0.3 is 0 Å². The summed E-state index contributed by atoms with van der Waals surface area (Å²) in [5, 5.41) is 21.4. The summed E-state index contributed by atoms with van der Waals surface area (Å²) in [7, 11) is 0. The zero-order chi connectivity index (χ0) is 13.1. The fraction of sp³-hybridized carbons (Fsp3) is 0.636. The van der Waals surface area contributed by atoms with Crippen molar-refractivity contribution in [2.24, 2.45) is 5.92 Å². The van der Waals surface area contributed by atoms with Crippen LogP contribution in [0.4, 0.5) is 0 Å². The molecule has 0 bridgehead atoms. The molecule has 2 heterocycles. The normalized spacial score (nSPS) is 13.2. The van der Waals surface area contributed by atoms with Gasteiger partial charge < -0.3 is 5.11 Å². The van der Waals surface area contributed by atoms with E-state index in [0.29, 0.717) is 18.2 Å². The molecule has 0 aliphatic rings. The third-order valence-electron chi connectivity index (χ3n) is 2.52. The van der Waals surface area contributed by atoms with E-state index >= 15 is 0 Å². The van der Waals surface area contributed by atoms with E-state index in [1.165, 1.54) is 0 Å². The summed E-state index contributed by atoms with van der Waals surface area (Å²) in [6, 6.07) is 0. The number of nitrogens with zero attached hydrogens (tertiary/aromatic N) is 6. The van der Waals surface area contributed by atoms with Crippen molar-refractivity contribution >= 4 is 0 Å². The van der Waals surface area contributed by atoms with Crippen LogP contribution in [0.2, 0.25) is 0 Å². The number of rotatable bonds is 5. The highest BCUT2D eigenvalue weighted by atomic mass is 16.3. The quantitative estimate of drug-likeness (QED) is 0.841. The Morgan fingerprint density at radius 2 is 2.11 bits per heavy atom. The van der Waals surface area contributed by atoms with Crippen LogP contribution in [0.3, 0.4) is 0 Å². The maximum Gasteiger partial charge on any atom is 0.148 e. The van der Waals surface area contributed by atoms with Gasteiger partial charge in [-0.15, -0.1) is 5.10 Å². The molecule has 0 fully saturated rings. The molecule has 2 aromatic heterocycles. The van der Waals surface area contributed by atoms with Crippen LogP contribution < -0.4 is 0 Å². The third kappa shape index (κ3) is 2.92. The summed E-state index contributed by atoms with van der Waals surface area (Å²) in [6.45, 7) is 7.26. The maximum atomic E-state index is 9.39. The van der Waals surface area contributed by atoms with Gasteiger partial charge in [0.25, 0.3) is 0 Å². The van der Waals surface area contributed by atoms with Gasteiger partial charge in [0.15, 0.2) is 0 Å². The highest BCUT2D eigenvalue weighted by molar-refractivity contribution is 4.97. The van der Waals surface area contributed by atoms with Crippen LogP contribution in [-0.2, 0) is 13.1 Å². The topological polar surface area (TPSA) is 81.7 Å². The summed E-state index contributed by atoms with van der Waals surface area (Å²) in [4.78, 5) is 4.22. The van der Waals surface area contributed by atoms with E-state index in [1.54, 1.807) is 24.1 Å². The standard InChI is InChI=1S/C11H18N6O/c1-8(2)4-17-11(12-7-13-17)6-16-5-10(9(3)18)14-15-16/h5,7-9,18H,4,6H2,1-3H3. The Hall–Kier alpha value is -1.76. The molecule has 0 radical (unpaired) electrons. The summed E-state index contributed by atoms with van der Waals surface area (Å²) in [5.41, 5.74) is 0.560. The lowest BCUT2D eigenvalue weighted by Crippen LogP contribution is -2.13. The van der Waals surface area contributed by atoms with Gasteiger partial charge in [-0.05, 0) is 12.8 Å². The van der Waals surface area contributed by atoms with Gasteiger partial charge in [0.2, 0.25) is 0 Å². The molecule has 2 aromatic rings. The Kier molecular flexibility index (Phi) is 3.71. The molecule has 0 aliphatic heterocycles. The average molecular weight is 250 g/mol. The second-order valence-corrected chi connectivity index (χ2v) is 4.77. The van der Waals surface area contributed by atoms with Crippen molar-refractivity contribution in [3.05, 3.63) is 24.0 Å². The molecule has 1 N–H and O–H groups in total. The summed E-state index contributed by atoms with van der Waals surface area (Å²) < 4.78 is 3.53. The minimum atomic E-state index is -0.604. The van der Waals surface area contributed by atoms with E-state index in [4.69, 9.17) is 0 Å². The van der Waals surface area contributed by atoms with Gasteiger partial charge in [0.05, 0.1) is 12.3 Å². The zero-order valence-corrected chi connectivity index (χ0v) is 10.9. The molecular weight excluding hydrogens is 232 g/mol. The molecule has 7 heteroatoms. The van der Waals surface area contributed by atoms with Gasteiger partial charge in [0.1, 0.15) is 24.4 Å². The molecule has 1 atom stereocenters. The Balaban J connectivity index is 2.10. The third-order valence-corrected chi connectivity index (χ3v) is 2.52. The van der Waals surface area contributed by atoms with E-state index in [2.05, 4.69) is 34.2 Å². The highest BCUT2D eigenvalue weighted by Gasteiger charge is 2.10. The second-order valence-electron chi connectivity index (χ2n) is 4.77. The van der Waals surface area contributed by atoms with Gasteiger partial charge in [-0.2, -0.15) is 5.10 Å². The minimum absolute atomic E-state index is 0.506. The van der Waals surface area contributed by atoms with Crippen molar-refractivity contribution < 1.29 is 5.11 Å². The second kappa shape index (κ2) is 5.26. The number of aliphatic hydroxyl groups excluding tert-OH is 1. The Morgan fingerprint density at radius 1 is 1.33 bits per heavy atom. The molecule has 1 unspecified atom stereocenters. The van der Waals surface area contributed by atoms with Gasteiger partial charge in [-0.1, -0.05) is 19.1 Å². The number of aliphatic hydroxyl groups is 1. The molecule has 0 saturated heterocycles. The highest BCUT2D eigenvalue weighted by Crippen LogP contribution is 2.08. The van der Waals surface area contributed by atoms with E-state index in [0.717, 1.165) is 12.4 Å². The smallest absolute Gasteiger partial charge is 0.148 e. The Bertz CT molecular complexity index is 501. The van der Waals surface area contributed by atoms with Crippen LogP contribution in [0.25, 0.3) is 0 Å². The van der Waals surface area contributed by atoms with Crippen LogP contribution in [0, 0.1) is 5.92 Å². The van der Waals surface area contributed by atoms with Crippen LogP contribution in [0.5, 0.6) is 0 Å². The van der Waals surface area contributed by atoms with Crippen LogP contribution in [0.15, 0.2) is 12.5 Å². The number of aromatic nitrogens is 6. The van der Waals surface area contributed by atoms with E-state index < -0.39 is 6.10 Å². The summed E-state index contributed by atoms with van der Waals surface area (Å²) in [6.07, 6.45) is 2.66. The molecule has 0 aromatic carbocycles. The van der Waals surface area contributed by atoms with E-state index in [9.17, 15) is 5.11 Å². The fourth-order valence-electron chi connectivity index (χ4n) is 1.64. The molecule has 0 aliphatic carbocycles. The molecule has 0 spiro atoms. The first-order chi connectivity index (χ1) is 8.56. The predicted molar refractivity (Wildman–Crippen MR) is 64.6 cm³/mol. The lowest BCUT2D eigenvalue weighted by molar-refractivity contribution is 0.194. The number of hydrogen-bond acceptors (Lipinski definition) is 5. The van der Waals surface area contributed by atoms with Crippen molar-refractivity contribution in [1.82, 2.24) is 29.8 Å². The van der Waals surface area contributed by atoms with Gasteiger partial charge in [0, 0.05) is 6.54 Å². The average Bonchev–Trinajstić information content (AvgIpc) is 2.89. The van der Waals surface area contributed by atoms with Gasteiger partial charge in [-0.3, -0.25) is 0 Å². The van der Waals surface area contributed by atoms with Crippen molar-refractivity contribution in [3.63, 3.8) is 0 Å². The largest absolute Gasteiger partial charge is 0.387 e. The first-order valence-electron chi connectivity index (χ1n) is 6.01. The Morgan fingerprint density at radius 3 is 2.72 bits per heavy atom. The lowest BCUT2D eigenvalue weighted by Gasteiger charge is -2.07. The summed E-state index contributed by atoms with van der Waals surface area (Å²) in [5.74, 6) is 1.35. The minimum Gasteiger partial charge on any atom is -0.387 e. The van der Waals surface area contributed by atoms with Crippen molar-refractivity contribution in [1.29, 1.82) is 0 Å². The lowest BCUT2D eigenvalue weighted by atomic mass is 10.2. The first-order valence-corrected chi connectivity index (χ1v) is 6.01. The molecule has 7 nitrogen and oxygen atoms in total. The van der Waals surface area contributed by atoms with Crippen LogP contribution in [0.1, 0.15) is 38.4 Å². The van der Waals surface area contributed by atoms with Crippen molar-refractivity contribution in [3.8, 4) is 0 Å². The molecule has 98 valence electrons. The van der Waals surface area contributed by atoms with Crippen LogP contribution >= 0.6 is 0 Å². The monoisotopic (exact) mass is 250 g/mol. The molecule has 2 rings (SSSR count). The van der Waals surface area contributed by atoms with E-state index in [1.807, 2.05) is 4.68 Å². The maximum absolute atomic E-state index is 9.39. The van der Waals surface area contributed by atoms with Gasteiger partial charge in [-0.25, -0.2) is 14.3 Å². The molecular formula is C11H18N6O.